The number of benzene rings is 1. The van der Waals surface area contributed by atoms with Crippen molar-refractivity contribution in [3.63, 3.8) is 0 Å². The van der Waals surface area contributed by atoms with Crippen molar-refractivity contribution < 1.29 is 9.59 Å². The number of carbonyl (C=O) groups excluding carboxylic acids is 2. The number of nitrogens with one attached hydrogen (secondary N) is 2. The van der Waals surface area contributed by atoms with Crippen LogP contribution in [0.3, 0.4) is 0 Å². The van der Waals surface area contributed by atoms with Crippen LogP contribution in [0.5, 0.6) is 0 Å². The Morgan fingerprint density at radius 1 is 0.958 bits per heavy atom. The zero-order chi connectivity index (χ0) is 17.4. The normalized spacial score (nSPS) is 10.2. The van der Waals surface area contributed by atoms with Crippen molar-refractivity contribution in [3.05, 3.63) is 59.4 Å². The molecule has 0 unspecified atom stereocenters. The van der Waals surface area contributed by atoms with Gasteiger partial charge in [0.05, 0.1) is 0 Å². The van der Waals surface area contributed by atoms with Crippen LogP contribution < -0.4 is 10.6 Å². The quantitative estimate of drug-likeness (QED) is 0.765. The maximum atomic E-state index is 12.3. The van der Waals surface area contributed by atoms with Crippen LogP contribution in [0, 0.1) is 6.92 Å². The van der Waals surface area contributed by atoms with E-state index in [1.807, 2.05) is 31.2 Å². The van der Waals surface area contributed by atoms with Gasteiger partial charge in [-0.1, -0.05) is 44.0 Å². The van der Waals surface area contributed by atoms with Crippen LogP contribution in [0.25, 0.3) is 0 Å². The van der Waals surface area contributed by atoms with Crippen LogP contribution in [-0.2, 0) is 0 Å². The lowest BCUT2D eigenvalue weighted by Crippen LogP contribution is -2.26. The minimum absolute atomic E-state index is 0.222. The van der Waals surface area contributed by atoms with Crippen LogP contribution in [0.2, 0.25) is 0 Å². The zero-order valence-electron chi connectivity index (χ0n) is 14.1. The Hall–Kier alpha value is -2.69. The molecule has 0 saturated carbocycles. The average Bonchev–Trinajstić information content (AvgIpc) is 2.60. The van der Waals surface area contributed by atoms with Gasteiger partial charge in [-0.05, 0) is 37.1 Å². The third-order valence-corrected chi connectivity index (χ3v) is 3.67. The molecule has 0 aliphatic heterocycles. The van der Waals surface area contributed by atoms with Gasteiger partial charge in [-0.25, -0.2) is 4.98 Å². The molecule has 24 heavy (non-hydrogen) atoms. The summed E-state index contributed by atoms with van der Waals surface area (Å²) in [5.74, 6) is -0.582. The lowest BCUT2D eigenvalue weighted by molar-refractivity contribution is 0.0948. The molecule has 0 aliphatic rings. The molecule has 1 aromatic heterocycles. The molecule has 0 radical (unpaired) electrons. The van der Waals surface area contributed by atoms with E-state index in [4.69, 9.17) is 0 Å². The highest BCUT2D eigenvalue weighted by Crippen LogP contribution is 2.14. The summed E-state index contributed by atoms with van der Waals surface area (Å²) < 4.78 is 0. The summed E-state index contributed by atoms with van der Waals surface area (Å²) >= 11 is 0. The van der Waals surface area contributed by atoms with Gasteiger partial charge < -0.3 is 10.6 Å². The van der Waals surface area contributed by atoms with Crippen molar-refractivity contribution in [1.82, 2.24) is 10.3 Å². The summed E-state index contributed by atoms with van der Waals surface area (Å²) in [5.41, 5.74) is 2.18. The number of anilines is 1. The highest BCUT2D eigenvalue weighted by molar-refractivity contribution is 6.04. The van der Waals surface area contributed by atoms with E-state index in [0.29, 0.717) is 6.54 Å². The van der Waals surface area contributed by atoms with Gasteiger partial charge in [0, 0.05) is 12.2 Å². The smallest absolute Gasteiger partial charge is 0.274 e. The van der Waals surface area contributed by atoms with Gasteiger partial charge in [-0.2, -0.15) is 0 Å². The van der Waals surface area contributed by atoms with Gasteiger partial charge in [0.2, 0.25) is 0 Å². The van der Waals surface area contributed by atoms with Crippen LogP contribution >= 0.6 is 0 Å². The first kappa shape index (κ1) is 17.7. The number of amides is 2. The van der Waals surface area contributed by atoms with E-state index in [1.54, 1.807) is 18.2 Å². The van der Waals surface area contributed by atoms with E-state index in [9.17, 15) is 9.59 Å². The van der Waals surface area contributed by atoms with E-state index < -0.39 is 0 Å². The average molecular weight is 325 g/mol. The lowest BCUT2D eigenvalue weighted by Gasteiger charge is -2.09. The van der Waals surface area contributed by atoms with Gasteiger partial charge in [0.15, 0.2) is 0 Å². The largest absolute Gasteiger partial charge is 0.351 e. The van der Waals surface area contributed by atoms with Gasteiger partial charge in [-0.3, -0.25) is 9.59 Å². The fraction of sp³-hybridized carbons (Fsp3) is 0.316. The number of aromatic nitrogens is 1. The number of rotatable bonds is 7. The summed E-state index contributed by atoms with van der Waals surface area (Å²) in [6, 6.07) is 12.4. The Balaban J connectivity index is 2.02. The van der Waals surface area contributed by atoms with Crippen LogP contribution in [0.4, 0.5) is 5.69 Å². The molecular weight excluding hydrogens is 302 g/mol. The van der Waals surface area contributed by atoms with Gasteiger partial charge in [0.1, 0.15) is 11.4 Å². The first-order chi connectivity index (χ1) is 11.6. The molecule has 0 aliphatic carbocycles. The van der Waals surface area contributed by atoms with Crippen molar-refractivity contribution in [1.29, 1.82) is 0 Å². The second-order valence-corrected chi connectivity index (χ2v) is 5.64. The molecule has 0 atom stereocenters. The number of hydrogen-bond acceptors (Lipinski definition) is 3. The molecule has 0 saturated heterocycles. The van der Waals surface area contributed by atoms with Gasteiger partial charge in [-0.15, -0.1) is 0 Å². The number of carbonyl (C=O) groups is 2. The number of hydrogen-bond donors (Lipinski definition) is 2. The molecule has 0 bridgehead atoms. The van der Waals surface area contributed by atoms with Gasteiger partial charge in [0.25, 0.3) is 11.8 Å². The summed E-state index contributed by atoms with van der Waals surface area (Å²) in [5, 5.41) is 5.64. The molecule has 2 rings (SSSR count). The Bertz CT molecular complexity index is 713. The third-order valence-electron chi connectivity index (χ3n) is 3.67. The van der Waals surface area contributed by atoms with Crippen molar-refractivity contribution in [3.8, 4) is 0 Å². The van der Waals surface area contributed by atoms with Crippen molar-refractivity contribution in [2.45, 2.75) is 33.1 Å². The number of unbranched alkanes of at least 4 members (excludes halogenated alkanes) is 2. The molecule has 0 spiro atoms. The first-order valence-electron chi connectivity index (χ1n) is 8.24. The van der Waals surface area contributed by atoms with E-state index in [0.717, 1.165) is 30.5 Å². The van der Waals surface area contributed by atoms with Crippen molar-refractivity contribution >= 4 is 17.5 Å². The minimum Gasteiger partial charge on any atom is -0.351 e. The summed E-state index contributed by atoms with van der Waals surface area (Å²) in [4.78, 5) is 28.6. The Labute approximate surface area is 142 Å². The van der Waals surface area contributed by atoms with Crippen molar-refractivity contribution in [2.75, 3.05) is 11.9 Å². The fourth-order valence-corrected chi connectivity index (χ4v) is 2.25. The first-order valence-corrected chi connectivity index (χ1v) is 8.24. The number of pyridine rings is 1. The Morgan fingerprint density at radius 3 is 2.38 bits per heavy atom. The summed E-state index contributed by atoms with van der Waals surface area (Å²) in [6.07, 6.45) is 3.12. The molecule has 5 heteroatoms. The number of nitrogens with zero attached hydrogens (tertiary/aromatic N) is 1. The third kappa shape index (κ3) is 4.91. The van der Waals surface area contributed by atoms with Crippen LogP contribution in [0.1, 0.15) is 52.7 Å². The fourth-order valence-electron chi connectivity index (χ4n) is 2.25. The number of para-hydroxylation sites is 1. The van der Waals surface area contributed by atoms with E-state index in [2.05, 4.69) is 22.5 Å². The predicted octanol–water partition coefficient (Wildman–Crippen LogP) is 3.56. The lowest BCUT2D eigenvalue weighted by atomic mass is 10.2. The molecule has 1 aromatic carbocycles. The van der Waals surface area contributed by atoms with Crippen LogP contribution in [0.15, 0.2) is 42.5 Å². The molecule has 5 nitrogen and oxygen atoms in total. The summed E-state index contributed by atoms with van der Waals surface area (Å²) in [7, 11) is 0. The maximum Gasteiger partial charge on any atom is 0.274 e. The molecule has 1 heterocycles. The predicted molar refractivity (Wildman–Crippen MR) is 95.2 cm³/mol. The molecule has 2 aromatic rings. The molecule has 126 valence electrons. The zero-order valence-corrected chi connectivity index (χ0v) is 14.1. The second-order valence-electron chi connectivity index (χ2n) is 5.64. The van der Waals surface area contributed by atoms with E-state index in [1.165, 1.54) is 0 Å². The Kier molecular flexibility index (Phi) is 6.49. The van der Waals surface area contributed by atoms with E-state index in [-0.39, 0.29) is 23.2 Å². The summed E-state index contributed by atoms with van der Waals surface area (Å²) in [6.45, 7) is 4.65. The van der Waals surface area contributed by atoms with Gasteiger partial charge >= 0.3 is 0 Å². The second kappa shape index (κ2) is 8.82. The highest BCUT2D eigenvalue weighted by atomic mass is 16.2. The topological polar surface area (TPSA) is 71.1 Å². The molecule has 2 N–H and O–H groups in total. The monoisotopic (exact) mass is 325 g/mol. The van der Waals surface area contributed by atoms with Crippen molar-refractivity contribution in [2.24, 2.45) is 0 Å². The highest BCUT2D eigenvalue weighted by Gasteiger charge is 2.12. The SMILES string of the molecule is CCCCCNC(=O)c1cccc(C(=O)Nc2ccccc2C)n1. The maximum absolute atomic E-state index is 12.3. The standard InChI is InChI=1S/C19H23N3O2/c1-3-4-7-13-20-18(23)16-11-8-12-17(21-16)19(24)22-15-10-6-5-9-14(15)2/h5-6,8-12H,3-4,7,13H2,1-2H3,(H,20,23)(H,22,24). The molecule has 2 amide bonds. The Morgan fingerprint density at radius 2 is 1.67 bits per heavy atom. The molecule has 0 fully saturated rings. The van der Waals surface area contributed by atoms with E-state index >= 15 is 0 Å². The number of aryl methyl sites for hydroxylation is 1. The van der Waals surface area contributed by atoms with Crippen LogP contribution in [-0.4, -0.2) is 23.3 Å². The molecular formula is C19H23N3O2. The minimum atomic E-state index is -0.329.